The minimum atomic E-state index is -0.591. The van der Waals surface area contributed by atoms with Crippen LogP contribution in [-0.4, -0.2) is 0 Å². The summed E-state index contributed by atoms with van der Waals surface area (Å²) in [6.07, 6.45) is 15.9. The van der Waals surface area contributed by atoms with Gasteiger partial charge in [-0.1, -0.05) is 163 Å². The van der Waals surface area contributed by atoms with Crippen LogP contribution in [0.25, 0.3) is 39.8 Å². The molecule has 0 radical (unpaired) electrons. The molecule has 0 saturated carbocycles. The lowest BCUT2D eigenvalue weighted by molar-refractivity contribution is 0.976. The van der Waals surface area contributed by atoms with Crippen LogP contribution in [0.5, 0.6) is 0 Å². The van der Waals surface area contributed by atoms with Crippen LogP contribution in [0.4, 0.5) is 0 Å². The van der Waals surface area contributed by atoms with Crippen LogP contribution in [0, 0.1) is 6.92 Å². The van der Waals surface area contributed by atoms with Gasteiger partial charge in [0.05, 0.1) is 0 Å². The molecule has 1 aliphatic carbocycles. The molecule has 0 aliphatic heterocycles. The highest BCUT2D eigenvalue weighted by atomic mass is 31.1. The Morgan fingerprint density at radius 1 is 0.455 bits per heavy atom. The Balaban J connectivity index is 1.12. The molecule has 0 nitrogen and oxygen atoms in total. The Bertz CT molecular complexity index is 2050. The summed E-state index contributed by atoms with van der Waals surface area (Å²) in [6.45, 7) is 2.17. The summed E-state index contributed by atoms with van der Waals surface area (Å²) >= 11 is 0. The number of fused-ring (bicyclic) bond motifs is 2. The molecule has 1 unspecified atom stereocenters. The summed E-state index contributed by atoms with van der Waals surface area (Å²) in [6, 6.07) is 48.8. The fourth-order valence-corrected chi connectivity index (χ4v) is 8.31. The Morgan fingerprint density at radius 2 is 0.955 bits per heavy atom. The third-order valence-corrected chi connectivity index (χ3v) is 11.0. The van der Waals surface area contributed by atoms with E-state index in [2.05, 4.69) is 177 Å². The van der Waals surface area contributed by atoms with Crippen LogP contribution in [0.2, 0.25) is 0 Å². The zero-order valence-electron chi connectivity index (χ0n) is 25.0. The Hall–Kier alpha value is -4.77. The molecule has 1 atom stereocenters. The maximum Gasteiger partial charge on any atom is -0.0154 e. The van der Waals surface area contributed by atoms with Crippen molar-refractivity contribution in [3.8, 4) is 0 Å². The fourth-order valence-electron chi connectivity index (χ4n) is 5.90. The summed E-state index contributed by atoms with van der Waals surface area (Å²) in [5.41, 5.74) is 6.38. The van der Waals surface area contributed by atoms with Crippen LogP contribution in [-0.2, 0) is 0 Å². The highest BCUT2D eigenvalue weighted by Crippen LogP contribution is 2.47. The van der Waals surface area contributed by atoms with Gasteiger partial charge in [-0.25, -0.2) is 0 Å². The van der Waals surface area contributed by atoms with Crippen molar-refractivity contribution < 1.29 is 0 Å². The monoisotopic (exact) mass is 582 g/mol. The summed E-state index contributed by atoms with van der Waals surface area (Å²) in [5, 5.41) is 9.47. The molecule has 212 valence electrons. The van der Waals surface area contributed by atoms with Gasteiger partial charge in [0.2, 0.25) is 0 Å². The maximum atomic E-state index is 2.39. The minimum Gasteiger partial charge on any atom is -0.0616 e. The normalized spacial score (nSPS) is 14.3. The molecule has 0 heterocycles. The first kappa shape index (κ1) is 28.0. The molecule has 6 aromatic carbocycles. The van der Waals surface area contributed by atoms with E-state index >= 15 is 0 Å². The molecule has 0 bridgehead atoms. The fraction of sp³-hybridized carbons (Fsp3) is 0.0698. The second-order valence-corrected chi connectivity index (χ2v) is 13.8. The van der Waals surface area contributed by atoms with Crippen LogP contribution in [0.1, 0.15) is 35.1 Å². The van der Waals surface area contributed by atoms with Gasteiger partial charge in [0.25, 0.3) is 0 Å². The predicted octanol–water partition coefficient (Wildman–Crippen LogP) is 11.2. The highest BCUT2D eigenvalue weighted by molar-refractivity contribution is 7.76. The number of rotatable bonds is 7. The van der Waals surface area contributed by atoms with Gasteiger partial charge >= 0.3 is 0 Å². The summed E-state index contributed by atoms with van der Waals surface area (Å²) in [5.74, 6) is 0. The van der Waals surface area contributed by atoms with E-state index in [0.717, 1.165) is 12.8 Å². The molecular formula is C43H35P. The number of allylic oxidation sites excluding steroid dienone is 5. The van der Waals surface area contributed by atoms with Crippen LogP contribution in [0.15, 0.2) is 163 Å². The lowest BCUT2D eigenvalue weighted by Gasteiger charge is -2.24. The summed E-state index contributed by atoms with van der Waals surface area (Å²) in [7, 11) is -0.591. The van der Waals surface area contributed by atoms with Gasteiger partial charge in [-0.05, 0) is 99.6 Å². The van der Waals surface area contributed by atoms with Gasteiger partial charge in [-0.2, -0.15) is 0 Å². The number of aryl methyl sites for hydroxylation is 1. The van der Waals surface area contributed by atoms with E-state index < -0.39 is 7.92 Å². The molecule has 0 aromatic heterocycles. The van der Waals surface area contributed by atoms with Crippen molar-refractivity contribution >= 4 is 58.3 Å². The predicted molar refractivity (Wildman–Crippen MR) is 195 cm³/mol. The van der Waals surface area contributed by atoms with E-state index in [1.54, 1.807) is 0 Å². The zero-order valence-corrected chi connectivity index (χ0v) is 25.9. The van der Waals surface area contributed by atoms with Gasteiger partial charge in [-0.3, -0.25) is 0 Å². The van der Waals surface area contributed by atoms with Crippen molar-refractivity contribution in [2.24, 2.45) is 0 Å². The first-order valence-electron chi connectivity index (χ1n) is 15.4. The second-order valence-electron chi connectivity index (χ2n) is 11.5. The lowest BCUT2D eigenvalue weighted by Crippen LogP contribution is -2.14. The number of hydrogen-bond acceptors (Lipinski definition) is 0. The first-order valence-corrected chi connectivity index (χ1v) is 16.7. The van der Waals surface area contributed by atoms with Gasteiger partial charge < -0.3 is 0 Å². The van der Waals surface area contributed by atoms with Crippen molar-refractivity contribution in [2.45, 2.75) is 19.8 Å². The Kier molecular flexibility index (Phi) is 8.18. The molecule has 44 heavy (non-hydrogen) atoms. The standard InChI is InChI=1S/C43H35P/c1-32-10-24-41(25-11-32)44(42-26-18-33(19-27-42)12-14-35-16-22-37-6-2-4-8-39(37)30-35)43-28-20-34(21-29-43)13-15-36-17-23-38-7-3-5-9-40(38)31-36/h2-20,22-28,30-31H,21,29H2,1H3/b14-12+,15-13+. The van der Waals surface area contributed by atoms with E-state index in [-0.39, 0.29) is 0 Å². The van der Waals surface area contributed by atoms with Crippen LogP contribution < -0.4 is 10.6 Å². The van der Waals surface area contributed by atoms with Crippen molar-refractivity contribution in [3.63, 3.8) is 0 Å². The van der Waals surface area contributed by atoms with Gasteiger partial charge in [0.15, 0.2) is 0 Å². The average Bonchev–Trinajstić information content (AvgIpc) is 3.08. The van der Waals surface area contributed by atoms with Crippen molar-refractivity contribution in [3.05, 3.63) is 185 Å². The highest BCUT2D eigenvalue weighted by Gasteiger charge is 2.20. The lowest BCUT2D eigenvalue weighted by atomic mass is 10.0. The molecule has 6 aromatic rings. The Morgan fingerprint density at radius 3 is 1.52 bits per heavy atom. The quantitative estimate of drug-likeness (QED) is 0.130. The van der Waals surface area contributed by atoms with Crippen molar-refractivity contribution in [2.75, 3.05) is 0 Å². The van der Waals surface area contributed by atoms with Crippen molar-refractivity contribution in [1.82, 2.24) is 0 Å². The molecule has 0 fully saturated rings. The minimum absolute atomic E-state index is 0.591. The number of hydrogen-bond donors (Lipinski definition) is 0. The van der Waals surface area contributed by atoms with E-state index in [4.69, 9.17) is 0 Å². The molecule has 0 saturated heterocycles. The van der Waals surface area contributed by atoms with Gasteiger partial charge in [0.1, 0.15) is 0 Å². The summed E-state index contributed by atoms with van der Waals surface area (Å²) in [4.78, 5) is 0. The van der Waals surface area contributed by atoms with Crippen LogP contribution in [0.3, 0.4) is 0 Å². The molecule has 1 aliphatic rings. The first-order chi connectivity index (χ1) is 21.7. The third-order valence-electron chi connectivity index (χ3n) is 8.40. The zero-order chi connectivity index (χ0) is 29.7. The van der Waals surface area contributed by atoms with Gasteiger partial charge in [0, 0.05) is 0 Å². The SMILES string of the molecule is Cc1ccc(P(C2=CC=C(/C=C/c3ccc4ccccc4c3)CC2)c2ccc(/C=C/c3ccc4ccccc4c3)cc2)cc1. The van der Waals surface area contributed by atoms with E-state index in [0.29, 0.717) is 0 Å². The third kappa shape index (κ3) is 6.42. The molecule has 0 spiro atoms. The summed E-state index contributed by atoms with van der Waals surface area (Å²) < 4.78 is 0. The second kappa shape index (κ2) is 12.8. The topological polar surface area (TPSA) is 0 Å². The average molecular weight is 583 g/mol. The largest absolute Gasteiger partial charge is 0.0616 e. The van der Waals surface area contributed by atoms with E-state index in [9.17, 15) is 0 Å². The molecule has 7 rings (SSSR count). The van der Waals surface area contributed by atoms with Crippen LogP contribution >= 0.6 is 7.92 Å². The maximum absolute atomic E-state index is 2.39. The number of benzene rings is 6. The molecule has 1 heteroatoms. The van der Waals surface area contributed by atoms with E-state index in [1.807, 2.05) is 0 Å². The molecule has 0 amide bonds. The smallest absolute Gasteiger partial charge is 0.0154 e. The molecule has 0 N–H and O–H groups in total. The Labute approximate surface area is 262 Å². The van der Waals surface area contributed by atoms with Gasteiger partial charge in [-0.15, -0.1) is 0 Å². The molecular weight excluding hydrogens is 547 g/mol. The van der Waals surface area contributed by atoms with E-state index in [1.165, 1.54) is 65.3 Å². The van der Waals surface area contributed by atoms with Crippen molar-refractivity contribution in [1.29, 1.82) is 0 Å².